The summed E-state index contributed by atoms with van der Waals surface area (Å²) in [7, 11) is 0. The van der Waals surface area contributed by atoms with E-state index in [9.17, 15) is 13.6 Å². The van der Waals surface area contributed by atoms with E-state index < -0.39 is 18.9 Å². The van der Waals surface area contributed by atoms with Crippen LogP contribution in [0, 0.1) is 0 Å². The van der Waals surface area contributed by atoms with Crippen molar-refractivity contribution in [3.8, 4) is 11.4 Å². The SMILES string of the molecule is NC(=O)c1cc(N2CCN(C=NCC(F)F)CC2)nc(-c2ccoc2)n1. The van der Waals surface area contributed by atoms with Gasteiger partial charge in [0.2, 0.25) is 0 Å². The monoisotopic (exact) mass is 364 g/mol. The van der Waals surface area contributed by atoms with E-state index in [1.807, 2.05) is 9.80 Å². The molecule has 0 atom stereocenters. The third-order valence-corrected chi connectivity index (χ3v) is 3.87. The highest BCUT2D eigenvalue weighted by Gasteiger charge is 2.20. The first-order valence-electron chi connectivity index (χ1n) is 8.01. The molecule has 0 bridgehead atoms. The molecule has 1 fully saturated rings. The van der Waals surface area contributed by atoms with Crippen LogP contribution in [0.5, 0.6) is 0 Å². The van der Waals surface area contributed by atoms with Crippen LogP contribution in [0.2, 0.25) is 0 Å². The molecule has 0 aliphatic carbocycles. The molecule has 1 amide bonds. The first-order valence-corrected chi connectivity index (χ1v) is 8.01. The fourth-order valence-corrected chi connectivity index (χ4v) is 2.55. The highest BCUT2D eigenvalue weighted by atomic mass is 19.3. The Labute approximate surface area is 148 Å². The summed E-state index contributed by atoms with van der Waals surface area (Å²) >= 11 is 0. The van der Waals surface area contributed by atoms with Crippen molar-refractivity contribution in [1.29, 1.82) is 0 Å². The number of anilines is 1. The quantitative estimate of drug-likeness (QED) is 0.612. The van der Waals surface area contributed by atoms with E-state index in [1.165, 1.54) is 18.9 Å². The van der Waals surface area contributed by atoms with Gasteiger partial charge in [-0.3, -0.25) is 9.79 Å². The molecule has 1 aliphatic heterocycles. The summed E-state index contributed by atoms with van der Waals surface area (Å²) in [5, 5.41) is 0. The topological polar surface area (TPSA) is 101 Å². The van der Waals surface area contributed by atoms with Gasteiger partial charge in [0.25, 0.3) is 12.3 Å². The number of carbonyl (C=O) groups excluding carboxylic acids is 1. The average molecular weight is 364 g/mol. The number of aliphatic imine (C=N–C) groups is 1. The van der Waals surface area contributed by atoms with Crippen LogP contribution in [0.1, 0.15) is 10.5 Å². The molecule has 0 radical (unpaired) electrons. The van der Waals surface area contributed by atoms with Crippen molar-refractivity contribution in [2.45, 2.75) is 6.43 Å². The molecule has 3 rings (SSSR count). The van der Waals surface area contributed by atoms with Crippen molar-refractivity contribution in [2.75, 3.05) is 37.6 Å². The van der Waals surface area contributed by atoms with Crippen LogP contribution in [0.25, 0.3) is 11.4 Å². The number of halogens is 2. The van der Waals surface area contributed by atoms with Crippen molar-refractivity contribution >= 4 is 18.1 Å². The van der Waals surface area contributed by atoms with Crippen molar-refractivity contribution in [2.24, 2.45) is 10.7 Å². The molecule has 26 heavy (non-hydrogen) atoms. The van der Waals surface area contributed by atoms with E-state index in [-0.39, 0.29) is 5.69 Å². The van der Waals surface area contributed by atoms with E-state index in [0.717, 1.165) is 0 Å². The number of carbonyl (C=O) groups is 1. The van der Waals surface area contributed by atoms with Crippen LogP contribution in [0.15, 0.2) is 34.1 Å². The minimum Gasteiger partial charge on any atom is -0.472 e. The highest BCUT2D eigenvalue weighted by molar-refractivity contribution is 5.92. The van der Waals surface area contributed by atoms with Gasteiger partial charge < -0.3 is 20.0 Å². The Morgan fingerprint density at radius 1 is 1.35 bits per heavy atom. The minimum absolute atomic E-state index is 0.118. The number of nitrogens with zero attached hydrogens (tertiary/aromatic N) is 5. The van der Waals surface area contributed by atoms with Crippen molar-refractivity contribution in [3.05, 3.63) is 30.4 Å². The molecule has 1 aliphatic rings. The molecule has 0 spiro atoms. The van der Waals surface area contributed by atoms with Crippen molar-refractivity contribution < 1.29 is 18.0 Å². The standard InChI is InChI=1S/C16H18F2N6O2/c17-13(18)8-20-10-23-2-4-24(5-3-23)14-7-12(15(19)25)21-16(22-14)11-1-6-26-9-11/h1,6-7,9-10,13H,2-5,8H2,(H2,19,25). The zero-order valence-electron chi connectivity index (χ0n) is 13.9. The molecule has 3 heterocycles. The number of furan rings is 1. The van der Waals surface area contributed by atoms with Crippen LogP contribution in [-0.4, -0.2) is 66.3 Å². The number of nitrogens with two attached hydrogens (primary N) is 1. The number of piperazine rings is 1. The molecule has 2 aromatic heterocycles. The summed E-state index contributed by atoms with van der Waals surface area (Å²) in [5.74, 6) is 0.288. The number of primary amides is 1. The Bertz CT molecular complexity index is 773. The normalized spacial score (nSPS) is 15.2. The molecule has 2 aromatic rings. The molecular weight excluding hydrogens is 346 g/mol. The smallest absolute Gasteiger partial charge is 0.267 e. The van der Waals surface area contributed by atoms with Crippen LogP contribution in [0.3, 0.4) is 0 Å². The Hall–Kier alpha value is -3.04. The van der Waals surface area contributed by atoms with Gasteiger partial charge in [-0.15, -0.1) is 0 Å². The van der Waals surface area contributed by atoms with Gasteiger partial charge in [0.1, 0.15) is 24.3 Å². The highest BCUT2D eigenvalue weighted by Crippen LogP contribution is 2.21. The Morgan fingerprint density at radius 2 is 2.12 bits per heavy atom. The van der Waals surface area contributed by atoms with Gasteiger partial charge in [-0.1, -0.05) is 0 Å². The third kappa shape index (κ3) is 4.32. The average Bonchev–Trinajstić information content (AvgIpc) is 3.16. The summed E-state index contributed by atoms with van der Waals surface area (Å²) in [6, 6.07) is 3.24. The Morgan fingerprint density at radius 3 is 2.73 bits per heavy atom. The largest absolute Gasteiger partial charge is 0.472 e. The molecule has 0 saturated carbocycles. The molecule has 1 saturated heterocycles. The van der Waals surface area contributed by atoms with E-state index in [2.05, 4.69) is 15.0 Å². The van der Waals surface area contributed by atoms with Crippen molar-refractivity contribution in [3.63, 3.8) is 0 Å². The summed E-state index contributed by atoms with van der Waals surface area (Å²) in [5.41, 5.74) is 6.14. The van der Waals surface area contributed by atoms with E-state index in [0.29, 0.717) is 43.4 Å². The number of rotatable bonds is 6. The molecule has 2 N–H and O–H groups in total. The van der Waals surface area contributed by atoms with Crippen LogP contribution >= 0.6 is 0 Å². The minimum atomic E-state index is -2.44. The fraction of sp³-hybridized carbons (Fsp3) is 0.375. The van der Waals surface area contributed by atoms with Crippen molar-refractivity contribution in [1.82, 2.24) is 14.9 Å². The van der Waals surface area contributed by atoms with Crippen LogP contribution in [-0.2, 0) is 0 Å². The predicted octanol–water partition coefficient (Wildman–Crippen LogP) is 1.25. The lowest BCUT2D eigenvalue weighted by atomic mass is 10.2. The van der Waals surface area contributed by atoms with Gasteiger partial charge in [0.15, 0.2) is 5.82 Å². The van der Waals surface area contributed by atoms with Gasteiger partial charge in [-0.05, 0) is 6.07 Å². The lowest BCUT2D eigenvalue weighted by molar-refractivity contribution is 0.0995. The van der Waals surface area contributed by atoms with E-state index >= 15 is 0 Å². The summed E-state index contributed by atoms with van der Waals surface area (Å²) in [6.45, 7) is 1.90. The van der Waals surface area contributed by atoms with Gasteiger partial charge >= 0.3 is 0 Å². The number of alkyl halides is 2. The Balaban J connectivity index is 1.73. The lowest BCUT2D eigenvalue weighted by Gasteiger charge is -2.34. The van der Waals surface area contributed by atoms with Crippen LogP contribution in [0.4, 0.5) is 14.6 Å². The van der Waals surface area contributed by atoms with E-state index in [4.69, 9.17) is 10.2 Å². The molecule has 0 aromatic carbocycles. The number of amides is 1. The predicted molar refractivity (Wildman–Crippen MR) is 91.4 cm³/mol. The Kier molecular flexibility index (Phi) is 5.40. The fourth-order valence-electron chi connectivity index (χ4n) is 2.55. The number of aromatic nitrogens is 2. The number of hydrogen-bond acceptors (Lipinski definition) is 6. The summed E-state index contributed by atoms with van der Waals surface area (Å²) in [6.07, 6.45) is 1.99. The first kappa shape index (κ1) is 17.8. The van der Waals surface area contributed by atoms with Crippen LogP contribution < -0.4 is 10.6 Å². The first-order chi connectivity index (χ1) is 12.5. The number of hydrogen-bond donors (Lipinski definition) is 1. The van der Waals surface area contributed by atoms with Gasteiger partial charge in [-0.2, -0.15) is 0 Å². The maximum absolute atomic E-state index is 12.1. The summed E-state index contributed by atoms with van der Waals surface area (Å²) < 4.78 is 29.3. The zero-order valence-corrected chi connectivity index (χ0v) is 13.9. The third-order valence-electron chi connectivity index (χ3n) is 3.87. The second kappa shape index (κ2) is 7.89. The summed E-state index contributed by atoms with van der Waals surface area (Å²) in [4.78, 5) is 27.8. The van der Waals surface area contributed by atoms with Gasteiger partial charge in [0, 0.05) is 32.2 Å². The lowest BCUT2D eigenvalue weighted by Crippen LogP contribution is -2.46. The van der Waals surface area contributed by atoms with E-state index in [1.54, 1.807) is 12.1 Å². The maximum Gasteiger partial charge on any atom is 0.267 e. The second-order valence-electron chi connectivity index (χ2n) is 5.71. The van der Waals surface area contributed by atoms with Gasteiger partial charge in [-0.25, -0.2) is 18.7 Å². The molecule has 10 heteroatoms. The van der Waals surface area contributed by atoms with Gasteiger partial charge in [0.05, 0.1) is 18.2 Å². The zero-order chi connectivity index (χ0) is 18.5. The molecule has 0 unspecified atom stereocenters. The second-order valence-corrected chi connectivity index (χ2v) is 5.71. The molecule has 8 nitrogen and oxygen atoms in total. The maximum atomic E-state index is 12.1. The molecular formula is C16H18F2N6O2. The molecule has 138 valence electrons.